The maximum Gasteiger partial charge on any atom is 0.134 e. The second-order valence-electron chi connectivity index (χ2n) is 4.61. The van der Waals surface area contributed by atoms with Crippen molar-refractivity contribution in [3.05, 3.63) is 46.1 Å². The molecule has 0 spiro atoms. The lowest BCUT2D eigenvalue weighted by atomic mass is 10.0. The first-order chi connectivity index (χ1) is 9.19. The fourth-order valence-electron chi connectivity index (χ4n) is 2.33. The van der Waals surface area contributed by atoms with E-state index in [9.17, 15) is 0 Å². The van der Waals surface area contributed by atoms with Gasteiger partial charge in [-0.15, -0.1) is 0 Å². The van der Waals surface area contributed by atoms with Gasteiger partial charge in [-0.2, -0.15) is 0 Å². The molecule has 1 N–H and O–H groups in total. The van der Waals surface area contributed by atoms with E-state index >= 15 is 0 Å². The van der Waals surface area contributed by atoms with Crippen LogP contribution in [-0.2, 0) is 6.42 Å². The lowest BCUT2D eigenvalue weighted by Gasteiger charge is -2.10. The Morgan fingerprint density at radius 2 is 2.00 bits per heavy atom. The van der Waals surface area contributed by atoms with Gasteiger partial charge in [0.25, 0.3) is 0 Å². The summed E-state index contributed by atoms with van der Waals surface area (Å²) in [6.07, 6.45) is 2.01. The number of aryl methyl sites for hydroxylation is 1. The molecule has 0 aliphatic heterocycles. The minimum atomic E-state index is 0.286. The van der Waals surface area contributed by atoms with Crippen LogP contribution in [0.1, 0.15) is 37.6 Å². The summed E-state index contributed by atoms with van der Waals surface area (Å²) in [4.78, 5) is 0. The van der Waals surface area contributed by atoms with Crippen LogP contribution in [0.3, 0.4) is 0 Å². The van der Waals surface area contributed by atoms with E-state index in [1.165, 1.54) is 11.1 Å². The van der Waals surface area contributed by atoms with Gasteiger partial charge in [-0.25, -0.2) is 0 Å². The predicted molar refractivity (Wildman–Crippen MR) is 83.3 cm³/mol. The molecule has 2 rings (SSSR count). The lowest BCUT2D eigenvalue weighted by Crippen LogP contribution is -2.14. The molecule has 0 radical (unpaired) electrons. The summed E-state index contributed by atoms with van der Waals surface area (Å²) in [6.45, 7) is 4.32. The van der Waals surface area contributed by atoms with Crippen molar-refractivity contribution >= 4 is 15.9 Å². The second-order valence-corrected chi connectivity index (χ2v) is 5.52. The van der Waals surface area contributed by atoms with Gasteiger partial charge in [-0.05, 0) is 55.8 Å². The Morgan fingerprint density at radius 1 is 1.21 bits per heavy atom. The van der Waals surface area contributed by atoms with Crippen molar-refractivity contribution in [3.8, 4) is 11.3 Å². The highest BCUT2D eigenvalue weighted by Crippen LogP contribution is 2.30. The van der Waals surface area contributed by atoms with Gasteiger partial charge >= 0.3 is 0 Å². The average Bonchev–Trinajstić information content (AvgIpc) is 2.89. The third-order valence-electron chi connectivity index (χ3n) is 3.44. The van der Waals surface area contributed by atoms with Gasteiger partial charge in [-0.3, -0.25) is 0 Å². The molecule has 1 atom stereocenters. The highest BCUT2D eigenvalue weighted by Gasteiger charge is 2.14. The highest BCUT2D eigenvalue weighted by molar-refractivity contribution is 9.10. The first kappa shape index (κ1) is 14.4. The zero-order valence-electron chi connectivity index (χ0n) is 11.7. The maximum absolute atomic E-state index is 6.02. The first-order valence-corrected chi connectivity index (χ1v) is 7.54. The molecule has 0 saturated carbocycles. The number of halogens is 1. The predicted octanol–water partition coefficient (Wildman–Crippen LogP) is 4.94. The Kier molecular flexibility index (Phi) is 4.83. The number of benzene rings is 1. The van der Waals surface area contributed by atoms with Crippen LogP contribution >= 0.6 is 15.9 Å². The fourth-order valence-corrected chi connectivity index (χ4v) is 2.74. The molecule has 1 heterocycles. The zero-order valence-corrected chi connectivity index (χ0v) is 13.3. The minimum Gasteiger partial charge on any atom is -0.459 e. The van der Waals surface area contributed by atoms with E-state index in [-0.39, 0.29) is 6.04 Å². The number of furan rings is 1. The Morgan fingerprint density at radius 3 is 2.63 bits per heavy atom. The van der Waals surface area contributed by atoms with Crippen LogP contribution < -0.4 is 5.32 Å². The molecule has 0 fully saturated rings. The molecule has 1 aromatic carbocycles. The van der Waals surface area contributed by atoms with E-state index in [4.69, 9.17) is 4.42 Å². The van der Waals surface area contributed by atoms with E-state index < -0.39 is 0 Å². The van der Waals surface area contributed by atoms with Gasteiger partial charge in [0.1, 0.15) is 11.5 Å². The SMILES string of the molecule is CCc1cc(Br)ccc1-c1ccc(C(CC)NC)o1. The molecule has 2 nitrogen and oxygen atoms in total. The Balaban J connectivity index is 2.37. The van der Waals surface area contributed by atoms with E-state index in [1.54, 1.807) is 0 Å². The quantitative estimate of drug-likeness (QED) is 0.843. The molecular formula is C16H20BrNO. The van der Waals surface area contributed by atoms with Crippen LogP contribution in [0.5, 0.6) is 0 Å². The van der Waals surface area contributed by atoms with Crippen molar-refractivity contribution in [1.82, 2.24) is 5.32 Å². The molecule has 0 amide bonds. The van der Waals surface area contributed by atoms with Gasteiger partial charge in [0.2, 0.25) is 0 Å². The van der Waals surface area contributed by atoms with E-state index in [2.05, 4.69) is 65.4 Å². The van der Waals surface area contributed by atoms with Crippen molar-refractivity contribution in [2.24, 2.45) is 0 Å². The Hall–Kier alpha value is -1.06. The largest absolute Gasteiger partial charge is 0.459 e. The van der Waals surface area contributed by atoms with Gasteiger partial charge in [0.15, 0.2) is 0 Å². The van der Waals surface area contributed by atoms with Gasteiger partial charge in [-0.1, -0.05) is 29.8 Å². The summed E-state index contributed by atoms with van der Waals surface area (Å²) < 4.78 is 7.13. The fraction of sp³-hybridized carbons (Fsp3) is 0.375. The number of hydrogen-bond donors (Lipinski definition) is 1. The number of nitrogens with one attached hydrogen (secondary N) is 1. The molecule has 1 unspecified atom stereocenters. The van der Waals surface area contributed by atoms with E-state index in [0.29, 0.717) is 0 Å². The molecule has 1 aromatic heterocycles. The topological polar surface area (TPSA) is 25.2 Å². The van der Waals surface area contributed by atoms with Crippen LogP contribution in [0.4, 0.5) is 0 Å². The second kappa shape index (κ2) is 6.40. The van der Waals surface area contributed by atoms with Crippen molar-refractivity contribution in [3.63, 3.8) is 0 Å². The van der Waals surface area contributed by atoms with Crippen molar-refractivity contribution in [2.75, 3.05) is 7.05 Å². The summed E-state index contributed by atoms with van der Waals surface area (Å²) in [5.41, 5.74) is 2.48. The molecule has 0 bridgehead atoms. The molecule has 19 heavy (non-hydrogen) atoms. The van der Waals surface area contributed by atoms with Crippen LogP contribution in [0.25, 0.3) is 11.3 Å². The maximum atomic E-state index is 6.02. The zero-order chi connectivity index (χ0) is 13.8. The molecule has 102 valence electrons. The van der Waals surface area contributed by atoms with Crippen LogP contribution in [0.2, 0.25) is 0 Å². The summed E-state index contributed by atoms with van der Waals surface area (Å²) in [5, 5.41) is 3.27. The highest BCUT2D eigenvalue weighted by atomic mass is 79.9. The summed E-state index contributed by atoms with van der Waals surface area (Å²) in [6, 6.07) is 10.8. The van der Waals surface area contributed by atoms with Gasteiger partial charge in [0.05, 0.1) is 6.04 Å². The summed E-state index contributed by atoms with van der Waals surface area (Å²) in [7, 11) is 1.97. The monoisotopic (exact) mass is 321 g/mol. The van der Waals surface area contributed by atoms with Crippen molar-refractivity contribution in [1.29, 1.82) is 0 Å². The molecule has 3 heteroatoms. The average molecular weight is 322 g/mol. The van der Waals surface area contributed by atoms with E-state index in [0.717, 1.165) is 28.8 Å². The third kappa shape index (κ3) is 3.10. The van der Waals surface area contributed by atoms with Crippen LogP contribution in [0.15, 0.2) is 39.2 Å². The van der Waals surface area contributed by atoms with Crippen molar-refractivity contribution in [2.45, 2.75) is 32.7 Å². The minimum absolute atomic E-state index is 0.286. The Bertz CT molecular complexity index is 543. The molecular weight excluding hydrogens is 302 g/mol. The normalized spacial score (nSPS) is 12.6. The third-order valence-corrected chi connectivity index (χ3v) is 3.93. The standard InChI is InChI=1S/C16H20BrNO/c1-4-11-10-12(17)6-7-13(11)15-8-9-16(19-15)14(5-2)18-3/h6-10,14,18H,4-5H2,1-3H3. The number of rotatable bonds is 5. The summed E-state index contributed by atoms with van der Waals surface area (Å²) >= 11 is 3.52. The molecule has 0 aliphatic rings. The lowest BCUT2D eigenvalue weighted by molar-refractivity contribution is 0.431. The molecule has 2 aromatic rings. The first-order valence-electron chi connectivity index (χ1n) is 6.75. The van der Waals surface area contributed by atoms with Crippen molar-refractivity contribution < 1.29 is 4.42 Å². The van der Waals surface area contributed by atoms with Crippen LogP contribution in [0, 0.1) is 0 Å². The molecule has 0 saturated heterocycles. The summed E-state index contributed by atoms with van der Waals surface area (Å²) in [5.74, 6) is 1.96. The smallest absolute Gasteiger partial charge is 0.134 e. The van der Waals surface area contributed by atoms with E-state index in [1.807, 2.05) is 7.05 Å². The van der Waals surface area contributed by atoms with Crippen LogP contribution in [-0.4, -0.2) is 7.05 Å². The number of hydrogen-bond acceptors (Lipinski definition) is 2. The Labute approximate surface area is 123 Å². The van der Waals surface area contributed by atoms with Gasteiger partial charge in [0, 0.05) is 10.0 Å². The van der Waals surface area contributed by atoms with Gasteiger partial charge < -0.3 is 9.73 Å². The molecule has 0 aliphatic carbocycles.